The van der Waals surface area contributed by atoms with Gasteiger partial charge in [-0.05, 0) is 45.9 Å². The molecule has 0 spiro atoms. The molecule has 1 N–H and O–H groups in total. The fourth-order valence-electron chi connectivity index (χ4n) is 4.14. The first-order valence-electron chi connectivity index (χ1n) is 11.4. The smallest absolute Gasteiger partial charge is 0.419 e. The average molecular weight is 514 g/mol. The van der Waals surface area contributed by atoms with E-state index in [9.17, 15) is 23.1 Å². The minimum absolute atomic E-state index is 0.0881. The second-order valence-electron chi connectivity index (χ2n) is 9.49. The average Bonchev–Trinajstić information content (AvgIpc) is 3.24. The molecule has 0 aliphatic rings. The lowest BCUT2D eigenvalue weighted by atomic mass is 9.97. The first kappa shape index (κ1) is 26.2. The molecule has 0 saturated heterocycles. The van der Waals surface area contributed by atoms with Crippen molar-refractivity contribution in [3.63, 3.8) is 0 Å². The van der Waals surface area contributed by atoms with Crippen molar-refractivity contribution in [3.8, 4) is 28.3 Å². The molecule has 4 aromatic rings. The van der Waals surface area contributed by atoms with E-state index in [-0.39, 0.29) is 22.6 Å². The molecule has 2 heterocycles. The van der Waals surface area contributed by atoms with Crippen LogP contribution in [0.3, 0.4) is 0 Å². The summed E-state index contributed by atoms with van der Waals surface area (Å²) >= 11 is 0. The Morgan fingerprint density at radius 2 is 1.70 bits per heavy atom. The molecule has 1 atom stereocenters. The van der Waals surface area contributed by atoms with Crippen molar-refractivity contribution < 1.29 is 32.5 Å². The van der Waals surface area contributed by atoms with Gasteiger partial charge in [0, 0.05) is 28.5 Å². The van der Waals surface area contributed by atoms with Crippen LogP contribution in [0.15, 0.2) is 54.6 Å². The number of aryl methyl sites for hydroxylation is 1. The highest BCUT2D eigenvalue weighted by Crippen LogP contribution is 2.41. The largest absolute Gasteiger partial charge is 0.496 e. The van der Waals surface area contributed by atoms with Gasteiger partial charge >= 0.3 is 12.1 Å². The van der Waals surface area contributed by atoms with Crippen LogP contribution in [-0.2, 0) is 15.7 Å². The Bertz CT molecular complexity index is 1460. The zero-order chi connectivity index (χ0) is 27.1. The fraction of sp³-hybridized carbons (Fsp3) is 0.296. The van der Waals surface area contributed by atoms with E-state index >= 15 is 0 Å². The van der Waals surface area contributed by atoms with E-state index in [0.29, 0.717) is 17.0 Å². The number of nitrogens with zero attached hydrogens (tertiary/aromatic N) is 3. The Hall–Kier alpha value is -3.92. The van der Waals surface area contributed by atoms with Crippen LogP contribution in [-0.4, -0.2) is 38.4 Å². The third-order valence-electron chi connectivity index (χ3n) is 5.64. The van der Waals surface area contributed by atoms with Crippen molar-refractivity contribution in [1.82, 2.24) is 14.6 Å². The Labute approximate surface area is 211 Å². The number of aromatic nitrogens is 3. The minimum Gasteiger partial charge on any atom is -0.496 e. The number of aliphatic carboxylic acids is 1. The summed E-state index contributed by atoms with van der Waals surface area (Å²) in [5, 5.41) is 14.8. The van der Waals surface area contributed by atoms with Gasteiger partial charge in [-0.2, -0.15) is 18.3 Å². The van der Waals surface area contributed by atoms with Crippen molar-refractivity contribution in [2.45, 2.75) is 45.6 Å². The summed E-state index contributed by atoms with van der Waals surface area (Å²) in [7, 11) is 1.15. The summed E-state index contributed by atoms with van der Waals surface area (Å²) in [6, 6.07) is 14.5. The third-order valence-corrected chi connectivity index (χ3v) is 5.64. The normalized spacial score (nSPS) is 13.1. The van der Waals surface area contributed by atoms with Crippen LogP contribution in [0, 0.1) is 6.92 Å². The van der Waals surface area contributed by atoms with Crippen LogP contribution < -0.4 is 4.74 Å². The number of carbonyl (C=O) groups is 1. The van der Waals surface area contributed by atoms with Crippen molar-refractivity contribution in [2.75, 3.05) is 7.11 Å². The van der Waals surface area contributed by atoms with Gasteiger partial charge in [0.2, 0.25) is 0 Å². The second-order valence-corrected chi connectivity index (χ2v) is 9.49. The van der Waals surface area contributed by atoms with Crippen LogP contribution in [0.25, 0.3) is 28.2 Å². The maximum atomic E-state index is 13.9. The zero-order valence-corrected chi connectivity index (χ0v) is 20.9. The molecule has 2 aromatic heterocycles. The highest BCUT2D eigenvalue weighted by atomic mass is 19.4. The lowest BCUT2D eigenvalue weighted by Crippen LogP contribution is -2.29. The summed E-state index contributed by atoms with van der Waals surface area (Å²) < 4.78 is 54.0. The second kappa shape index (κ2) is 9.51. The molecule has 2 aromatic carbocycles. The predicted octanol–water partition coefficient (Wildman–Crippen LogP) is 6.34. The fourth-order valence-corrected chi connectivity index (χ4v) is 4.14. The van der Waals surface area contributed by atoms with Gasteiger partial charge in [0.25, 0.3) is 0 Å². The standard InChI is InChI=1S/C27H26F3N3O4/c1-15-22(24(25(34)35)37-26(2,3)4)23(17-11-12-20(36-5)18(13-17)27(28,29)30)33-21(31-15)14-19(32-33)16-9-7-6-8-10-16/h6-14,24H,1-5H3,(H,34,35). The topological polar surface area (TPSA) is 86.0 Å². The van der Waals surface area contributed by atoms with Crippen molar-refractivity contribution in [2.24, 2.45) is 0 Å². The minimum atomic E-state index is -4.71. The van der Waals surface area contributed by atoms with Crippen LogP contribution in [0.4, 0.5) is 13.2 Å². The molecule has 0 bridgehead atoms. The highest BCUT2D eigenvalue weighted by Gasteiger charge is 2.37. The van der Waals surface area contributed by atoms with E-state index in [1.54, 1.807) is 33.8 Å². The van der Waals surface area contributed by atoms with E-state index in [1.807, 2.05) is 30.3 Å². The molecule has 4 rings (SSSR count). The monoisotopic (exact) mass is 513 g/mol. The lowest BCUT2D eigenvalue weighted by Gasteiger charge is -2.27. The molecule has 0 fully saturated rings. The number of carboxylic acids is 1. The van der Waals surface area contributed by atoms with Gasteiger partial charge in [-0.3, -0.25) is 0 Å². The van der Waals surface area contributed by atoms with Crippen LogP contribution in [0.5, 0.6) is 5.75 Å². The van der Waals surface area contributed by atoms with Gasteiger partial charge in [-0.25, -0.2) is 14.3 Å². The number of hydrogen-bond acceptors (Lipinski definition) is 5. The summed E-state index contributed by atoms with van der Waals surface area (Å²) in [5.74, 6) is -1.66. The Morgan fingerprint density at radius 1 is 1.03 bits per heavy atom. The molecule has 0 aliphatic carbocycles. The number of ether oxygens (including phenoxy) is 2. The molecule has 194 valence electrons. The van der Waals surface area contributed by atoms with Gasteiger partial charge in [0.1, 0.15) is 5.75 Å². The van der Waals surface area contributed by atoms with E-state index in [1.165, 1.54) is 16.6 Å². The predicted molar refractivity (Wildman–Crippen MR) is 131 cm³/mol. The number of fused-ring (bicyclic) bond motifs is 1. The lowest BCUT2D eigenvalue weighted by molar-refractivity contribution is -0.160. The number of benzene rings is 2. The van der Waals surface area contributed by atoms with Crippen LogP contribution in [0.1, 0.15) is 43.7 Å². The maximum Gasteiger partial charge on any atom is 0.419 e. The Kier molecular flexibility index (Phi) is 6.72. The zero-order valence-electron chi connectivity index (χ0n) is 20.9. The molecule has 37 heavy (non-hydrogen) atoms. The summed E-state index contributed by atoms with van der Waals surface area (Å²) in [4.78, 5) is 17.0. The van der Waals surface area contributed by atoms with E-state index in [4.69, 9.17) is 9.47 Å². The van der Waals surface area contributed by atoms with Crippen molar-refractivity contribution >= 4 is 11.6 Å². The van der Waals surface area contributed by atoms with Gasteiger partial charge < -0.3 is 14.6 Å². The SMILES string of the molecule is COc1ccc(-c2c(C(OC(C)(C)C)C(=O)O)c(C)nc3cc(-c4ccccc4)nn23)cc1C(F)(F)F. The summed E-state index contributed by atoms with van der Waals surface area (Å²) in [5.41, 5.74) is 0.389. The number of halogens is 3. The molecule has 7 nitrogen and oxygen atoms in total. The molecule has 0 radical (unpaired) electrons. The number of alkyl halides is 3. The molecule has 1 unspecified atom stereocenters. The molecule has 0 saturated carbocycles. The quantitative estimate of drug-likeness (QED) is 0.324. The number of methoxy groups -OCH3 is 1. The summed E-state index contributed by atoms with van der Waals surface area (Å²) in [6.45, 7) is 6.69. The van der Waals surface area contributed by atoms with Gasteiger partial charge in [-0.15, -0.1) is 0 Å². The molecule has 0 aliphatic heterocycles. The highest BCUT2D eigenvalue weighted by molar-refractivity contribution is 5.81. The number of rotatable bonds is 6. The first-order valence-corrected chi connectivity index (χ1v) is 11.4. The Balaban J connectivity index is 2.10. The van der Waals surface area contributed by atoms with Crippen LogP contribution >= 0.6 is 0 Å². The van der Waals surface area contributed by atoms with Gasteiger partial charge in [0.15, 0.2) is 11.8 Å². The molecule has 0 amide bonds. The van der Waals surface area contributed by atoms with E-state index in [0.717, 1.165) is 18.7 Å². The van der Waals surface area contributed by atoms with Gasteiger partial charge in [-0.1, -0.05) is 30.3 Å². The maximum absolute atomic E-state index is 13.9. The number of hydrogen-bond donors (Lipinski definition) is 1. The van der Waals surface area contributed by atoms with E-state index < -0.39 is 29.4 Å². The molecule has 10 heteroatoms. The summed E-state index contributed by atoms with van der Waals surface area (Å²) in [6.07, 6.45) is -6.23. The molecular formula is C27H26F3N3O4. The number of carboxylic acid groups (broad SMARTS) is 1. The van der Waals surface area contributed by atoms with Crippen LogP contribution in [0.2, 0.25) is 0 Å². The Morgan fingerprint density at radius 3 is 2.27 bits per heavy atom. The third kappa shape index (κ3) is 5.29. The van der Waals surface area contributed by atoms with E-state index in [2.05, 4.69) is 10.1 Å². The van der Waals surface area contributed by atoms with Gasteiger partial charge in [0.05, 0.1) is 29.7 Å². The first-order chi connectivity index (χ1) is 17.3. The van der Waals surface area contributed by atoms with Crippen molar-refractivity contribution in [3.05, 3.63) is 71.4 Å². The molecular weight excluding hydrogens is 487 g/mol. The van der Waals surface area contributed by atoms with Crippen molar-refractivity contribution in [1.29, 1.82) is 0 Å².